The van der Waals surface area contributed by atoms with Crippen molar-refractivity contribution in [3.05, 3.63) is 62.4 Å². The van der Waals surface area contributed by atoms with Crippen LogP contribution >= 0.6 is 0 Å². The number of anilines is 1. The number of ether oxygens (including phenoxy) is 2. The monoisotopic (exact) mass is 331 g/mol. The van der Waals surface area contributed by atoms with Gasteiger partial charge in [0.15, 0.2) is 0 Å². The van der Waals surface area contributed by atoms with Crippen molar-refractivity contribution in [2.24, 2.45) is 0 Å². The number of nitrogens with one attached hydrogen (secondary N) is 1. The Hall–Kier alpha value is -2.38. The van der Waals surface area contributed by atoms with E-state index >= 15 is 0 Å². The Morgan fingerprint density at radius 2 is 1.88 bits per heavy atom. The molecule has 0 bridgehead atoms. The number of aromatic amines is 1. The van der Waals surface area contributed by atoms with E-state index in [0.29, 0.717) is 44.3 Å². The smallest absolute Gasteiger partial charge is 0.330 e. The standard InChI is InChI=1S/C17H21N3O4/c1-13-15(19-7-9-23-10-8-19)16(21)18-17(22)20(13)12-24-11-14-5-3-2-4-6-14/h2-6H,7-12H2,1H3,(H,18,21,22). The molecule has 7 heteroatoms. The van der Waals surface area contributed by atoms with E-state index in [1.165, 1.54) is 4.57 Å². The first-order valence-electron chi connectivity index (χ1n) is 7.95. The summed E-state index contributed by atoms with van der Waals surface area (Å²) in [6.45, 7) is 4.67. The average Bonchev–Trinajstić information content (AvgIpc) is 2.59. The molecule has 0 radical (unpaired) electrons. The highest BCUT2D eigenvalue weighted by Crippen LogP contribution is 2.14. The minimum atomic E-state index is -0.456. The summed E-state index contributed by atoms with van der Waals surface area (Å²) in [6, 6.07) is 9.73. The van der Waals surface area contributed by atoms with Gasteiger partial charge in [-0.2, -0.15) is 0 Å². The SMILES string of the molecule is Cc1c(N2CCOCC2)c(=O)[nH]c(=O)n1COCc1ccccc1. The van der Waals surface area contributed by atoms with E-state index in [1.54, 1.807) is 6.92 Å². The summed E-state index contributed by atoms with van der Waals surface area (Å²) in [5, 5.41) is 0. The van der Waals surface area contributed by atoms with E-state index in [9.17, 15) is 9.59 Å². The van der Waals surface area contributed by atoms with E-state index in [0.717, 1.165) is 5.56 Å². The lowest BCUT2D eigenvalue weighted by Crippen LogP contribution is -2.43. The Bertz CT molecular complexity index is 792. The van der Waals surface area contributed by atoms with Crippen LogP contribution in [0.2, 0.25) is 0 Å². The van der Waals surface area contributed by atoms with E-state index in [4.69, 9.17) is 9.47 Å². The van der Waals surface area contributed by atoms with Gasteiger partial charge in [-0.15, -0.1) is 0 Å². The number of H-pyrrole nitrogens is 1. The van der Waals surface area contributed by atoms with Gasteiger partial charge in [0.1, 0.15) is 12.4 Å². The average molecular weight is 331 g/mol. The van der Waals surface area contributed by atoms with Gasteiger partial charge in [-0.05, 0) is 12.5 Å². The first-order valence-corrected chi connectivity index (χ1v) is 7.95. The minimum Gasteiger partial charge on any atom is -0.378 e. The molecule has 2 aromatic rings. The summed E-state index contributed by atoms with van der Waals surface area (Å²) in [7, 11) is 0. The molecule has 0 unspecified atom stereocenters. The summed E-state index contributed by atoms with van der Waals surface area (Å²) < 4.78 is 12.4. The number of hydrogen-bond acceptors (Lipinski definition) is 5. The maximum absolute atomic E-state index is 12.2. The van der Waals surface area contributed by atoms with Crippen molar-refractivity contribution in [1.82, 2.24) is 9.55 Å². The molecule has 1 aromatic carbocycles. The van der Waals surface area contributed by atoms with Crippen LogP contribution in [0, 0.1) is 6.92 Å². The van der Waals surface area contributed by atoms with Crippen molar-refractivity contribution in [3.8, 4) is 0 Å². The van der Waals surface area contributed by atoms with Crippen LogP contribution in [0.4, 0.5) is 5.69 Å². The predicted molar refractivity (Wildman–Crippen MR) is 90.3 cm³/mol. The maximum Gasteiger partial charge on any atom is 0.330 e. The van der Waals surface area contributed by atoms with Gasteiger partial charge in [0, 0.05) is 13.1 Å². The van der Waals surface area contributed by atoms with Crippen LogP contribution in [0.25, 0.3) is 0 Å². The van der Waals surface area contributed by atoms with Gasteiger partial charge in [0.25, 0.3) is 5.56 Å². The van der Waals surface area contributed by atoms with Gasteiger partial charge in [-0.3, -0.25) is 14.3 Å². The number of hydrogen-bond donors (Lipinski definition) is 1. The van der Waals surface area contributed by atoms with Crippen LogP contribution in [0.5, 0.6) is 0 Å². The molecule has 1 aliphatic heterocycles. The van der Waals surface area contributed by atoms with Crippen molar-refractivity contribution in [2.75, 3.05) is 31.2 Å². The van der Waals surface area contributed by atoms with Crippen molar-refractivity contribution < 1.29 is 9.47 Å². The van der Waals surface area contributed by atoms with Gasteiger partial charge in [0.2, 0.25) is 0 Å². The fourth-order valence-electron chi connectivity index (χ4n) is 2.81. The first kappa shape index (κ1) is 16.5. The summed E-state index contributed by atoms with van der Waals surface area (Å²) in [6.07, 6.45) is 0. The fraction of sp³-hybridized carbons (Fsp3) is 0.412. The lowest BCUT2D eigenvalue weighted by atomic mass is 10.2. The third-order valence-electron chi connectivity index (χ3n) is 4.09. The predicted octanol–water partition coefficient (Wildman–Crippen LogP) is 0.856. The molecule has 24 heavy (non-hydrogen) atoms. The molecular formula is C17H21N3O4. The number of benzene rings is 1. The van der Waals surface area contributed by atoms with Gasteiger partial charge in [-0.25, -0.2) is 4.79 Å². The molecule has 128 valence electrons. The van der Waals surface area contributed by atoms with Gasteiger partial charge in [0.05, 0.1) is 25.5 Å². The molecule has 0 aliphatic carbocycles. The van der Waals surface area contributed by atoms with E-state index < -0.39 is 5.69 Å². The molecule has 0 amide bonds. The summed E-state index contributed by atoms with van der Waals surface area (Å²) in [5.74, 6) is 0. The Kier molecular flexibility index (Phi) is 5.12. The molecule has 1 N–H and O–H groups in total. The zero-order chi connectivity index (χ0) is 16.9. The van der Waals surface area contributed by atoms with Crippen LogP contribution in [-0.4, -0.2) is 35.9 Å². The zero-order valence-corrected chi connectivity index (χ0v) is 13.7. The van der Waals surface area contributed by atoms with Crippen LogP contribution in [0.15, 0.2) is 39.9 Å². The summed E-state index contributed by atoms with van der Waals surface area (Å²) in [5.41, 5.74) is 1.34. The van der Waals surface area contributed by atoms with E-state index in [1.807, 2.05) is 35.2 Å². The van der Waals surface area contributed by atoms with Crippen LogP contribution in [-0.2, 0) is 22.8 Å². The number of morpholine rings is 1. The second kappa shape index (κ2) is 7.46. The minimum absolute atomic E-state index is 0.0910. The van der Waals surface area contributed by atoms with Gasteiger partial charge in [-0.1, -0.05) is 30.3 Å². The Morgan fingerprint density at radius 3 is 2.58 bits per heavy atom. The highest BCUT2D eigenvalue weighted by atomic mass is 16.5. The first-order chi connectivity index (χ1) is 11.7. The second-order valence-electron chi connectivity index (χ2n) is 5.68. The van der Waals surface area contributed by atoms with E-state index in [2.05, 4.69) is 4.98 Å². The largest absolute Gasteiger partial charge is 0.378 e. The Morgan fingerprint density at radius 1 is 1.17 bits per heavy atom. The van der Waals surface area contributed by atoms with Crippen LogP contribution in [0.3, 0.4) is 0 Å². The topological polar surface area (TPSA) is 76.6 Å². The van der Waals surface area contributed by atoms with Gasteiger partial charge < -0.3 is 14.4 Å². The van der Waals surface area contributed by atoms with Crippen molar-refractivity contribution in [1.29, 1.82) is 0 Å². The van der Waals surface area contributed by atoms with E-state index in [-0.39, 0.29) is 12.3 Å². The third kappa shape index (κ3) is 3.58. The number of nitrogens with zero attached hydrogens (tertiary/aromatic N) is 2. The quantitative estimate of drug-likeness (QED) is 0.879. The summed E-state index contributed by atoms with van der Waals surface area (Å²) >= 11 is 0. The fourth-order valence-corrected chi connectivity index (χ4v) is 2.81. The van der Waals surface area contributed by atoms with Gasteiger partial charge >= 0.3 is 5.69 Å². The molecule has 0 spiro atoms. The molecule has 1 saturated heterocycles. The summed E-state index contributed by atoms with van der Waals surface area (Å²) in [4.78, 5) is 28.7. The zero-order valence-electron chi connectivity index (χ0n) is 13.7. The Balaban J connectivity index is 1.79. The molecule has 1 aliphatic rings. The number of rotatable bonds is 5. The lowest BCUT2D eigenvalue weighted by molar-refractivity contribution is 0.0594. The van der Waals surface area contributed by atoms with Crippen LogP contribution < -0.4 is 16.1 Å². The van der Waals surface area contributed by atoms with Crippen LogP contribution in [0.1, 0.15) is 11.3 Å². The van der Waals surface area contributed by atoms with Crippen molar-refractivity contribution in [2.45, 2.75) is 20.3 Å². The molecular weight excluding hydrogens is 310 g/mol. The molecule has 0 atom stereocenters. The van der Waals surface area contributed by atoms with Crippen molar-refractivity contribution in [3.63, 3.8) is 0 Å². The molecule has 7 nitrogen and oxygen atoms in total. The maximum atomic E-state index is 12.2. The highest BCUT2D eigenvalue weighted by molar-refractivity contribution is 5.48. The third-order valence-corrected chi connectivity index (χ3v) is 4.09. The molecule has 3 rings (SSSR count). The Labute approximate surface area is 139 Å². The molecule has 2 heterocycles. The molecule has 0 saturated carbocycles. The normalized spacial score (nSPS) is 14.8. The van der Waals surface area contributed by atoms with Crippen molar-refractivity contribution >= 4 is 5.69 Å². The number of aromatic nitrogens is 2. The second-order valence-corrected chi connectivity index (χ2v) is 5.68. The lowest BCUT2D eigenvalue weighted by Gasteiger charge is -2.29. The highest BCUT2D eigenvalue weighted by Gasteiger charge is 2.19. The molecule has 1 fully saturated rings. The molecule has 1 aromatic heterocycles.